The second-order valence-electron chi connectivity index (χ2n) is 4.48. The first-order chi connectivity index (χ1) is 6.08. The van der Waals surface area contributed by atoms with Crippen molar-refractivity contribution in [3.05, 3.63) is 17.7 Å². The predicted octanol–water partition coefficient (Wildman–Crippen LogP) is 1.69. The van der Waals surface area contributed by atoms with Crippen LogP contribution in [0.2, 0.25) is 0 Å². The summed E-state index contributed by atoms with van der Waals surface area (Å²) in [6.07, 6.45) is 5.58. The van der Waals surface area contributed by atoms with Crippen molar-refractivity contribution in [2.24, 2.45) is 11.7 Å². The molecule has 2 rings (SSSR count). The molecule has 72 valence electrons. The molecule has 0 bridgehead atoms. The number of imidazole rings is 1. The van der Waals surface area contributed by atoms with Crippen molar-refractivity contribution in [1.29, 1.82) is 0 Å². The molecule has 3 heteroatoms. The Morgan fingerprint density at radius 1 is 1.69 bits per heavy atom. The van der Waals surface area contributed by atoms with Crippen molar-refractivity contribution in [2.45, 2.75) is 38.6 Å². The van der Waals surface area contributed by atoms with E-state index in [1.165, 1.54) is 12.8 Å². The second kappa shape index (κ2) is 2.84. The van der Waals surface area contributed by atoms with Crippen LogP contribution in [0.4, 0.5) is 0 Å². The molecule has 0 saturated heterocycles. The van der Waals surface area contributed by atoms with Crippen molar-refractivity contribution < 1.29 is 0 Å². The van der Waals surface area contributed by atoms with Gasteiger partial charge in [-0.05, 0) is 26.2 Å². The van der Waals surface area contributed by atoms with Gasteiger partial charge in [0.15, 0.2) is 0 Å². The summed E-state index contributed by atoms with van der Waals surface area (Å²) in [6.45, 7) is 4.06. The molecule has 1 aromatic heterocycles. The number of aromatic nitrogens is 2. The first-order valence-electron chi connectivity index (χ1n) is 4.89. The summed E-state index contributed by atoms with van der Waals surface area (Å²) in [7, 11) is 0. The maximum Gasteiger partial charge on any atom is 0.126 e. The summed E-state index contributed by atoms with van der Waals surface area (Å²) in [5.74, 6) is 1.76. The Hall–Kier alpha value is -0.830. The summed E-state index contributed by atoms with van der Waals surface area (Å²) >= 11 is 0. The van der Waals surface area contributed by atoms with Crippen molar-refractivity contribution in [3.8, 4) is 0 Å². The lowest BCUT2D eigenvalue weighted by Crippen LogP contribution is -2.34. The second-order valence-corrected chi connectivity index (χ2v) is 4.48. The molecule has 1 atom stereocenters. The average molecular weight is 179 g/mol. The van der Waals surface area contributed by atoms with Gasteiger partial charge in [0.25, 0.3) is 0 Å². The van der Waals surface area contributed by atoms with E-state index in [-0.39, 0.29) is 5.54 Å². The van der Waals surface area contributed by atoms with Crippen LogP contribution in [-0.4, -0.2) is 9.97 Å². The van der Waals surface area contributed by atoms with Crippen LogP contribution in [-0.2, 0) is 5.54 Å². The molecule has 1 aliphatic rings. The van der Waals surface area contributed by atoms with Crippen molar-refractivity contribution in [3.63, 3.8) is 0 Å². The highest BCUT2D eigenvalue weighted by atomic mass is 15.0. The molecule has 1 aromatic rings. The lowest BCUT2D eigenvalue weighted by Gasteiger charge is -2.21. The Balaban J connectivity index is 2.12. The highest BCUT2D eigenvalue weighted by molar-refractivity contribution is 5.09. The van der Waals surface area contributed by atoms with E-state index in [9.17, 15) is 0 Å². The Morgan fingerprint density at radius 3 is 2.85 bits per heavy atom. The first kappa shape index (κ1) is 8.75. The number of aromatic amines is 1. The molecule has 0 spiro atoms. The Bertz CT molecular complexity index is 297. The Kier molecular flexibility index (Phi) is 1.91. The van der Waals surface area contributed by atoms with Gasteiger partial charge in [0, 0.05) is 11.9 Å². The third-order valence-electron chi connectivity index (χ3n) is 2.65. The van der Waals surface area contributed by atoms with Gasteiger partial charge in [-0.1, -0.05) is 12.8 Å². The van der Waals surface area contributed by atoms with Gasteiger partial charge >= 0.3 is 0 Å². The fraction of sp³-hybridized carbons (Fsp3) is 0.700. The minimum Gasteiger partial charge on any atom is -0.345 e. The fourth-order valence-electron chi connectivity index (χ4n) is 1.72. The maximum atomic E-state index is 6.20. The Morgan fingerprint density at radius 2 is 2.38 bits per heavy atom. The van der Waals surface area contributed by atoms with Crippen molar-refractivity contribution in [1.82, 2.24) is 9.97 Å². The van der Waals surface area contributed by atoms with Gasteiger partial charge < -0.3 is 10.7 Å². The summed E-state index contributed by atoms with van der Waals surface area (Å²) in [6, 6.07) is 0. The molecule has 1 aliphatic carbocycles. The van der Waals surface area contributed by atoms with Gasteiger partial charge in [-0.15, -0.1) is 0 Å². The molecule has 1 heterocycles. The van der Waals surface area contributed by atoms with Crippen LogP contribution < -0.4 is 5.73 Å². The molecule has 0 radical (unpaired) electrons. The minimum atomic E-state index is -0.268. The molecule has 3 N–H and O–H groups in total. The van der Waals surface area contributed by atoms with Crippen LogP contribution in [0.5, 0.6) is 0 Å². The van der Waals surface area contributed by atoms with Crippen LogP contribution in [0, 0.1) is 12.8 Å². The summed E-state index contributed by atoms with van der Waals surface area (Å²) in [5, 5.41) is 0. The molecule has 0 aromatic carbocycles. The van der Waals surface area contributed by atoms with Crippen molar-refractivity contribution in [2.75, 3.05) is 0 Å². The number of nitrogens with zero attached hydrogens (tertiary/aromatic N) is 1. The largest absolute Gasteiger partial charge is 0.345 e. The van der Waals surface area contributed by atoms with E-state index >= 15 is 0 Å². The molecule has 1 fully saturated rings. The number of nitrogens with two attached hydrogens (primary N) is 1. The highest BCUT2D eigenvalue weighted by Gasteiger charge is 2.33. The molecule has 1 saturated carbocycles. The SMILES string of the molecule is Cc1cnc(C(C)(N)CC2CC2)[nH]1. The zero-order chi connectivity index (χ0) is 9.47. The van der Waals surface area contributed by atoms with E-state index in [0.717, 1.165) is 23.9 Å². The number of hydrogen-bond donors (Lipinski definition) is 2. The van der Waals surface area contributed by atoms with E-state index in [1.54, 1.807) is 0 Å². The molecule has 0 aliphatic heterocycles. The van der Waals surface area contributed by atoms with Gasteiger partial charge in [-0.2, -0.15) is 0 Å². The van der Waals surface area contributed by atoms with Gasteiger partial charge in [0.1, 0.15) is 5.82 Å². The highest BCUT2D eigenvalue weighted by Crippen LogP contribution is 2.38. The number of rotatable bonds is 3. The molecule has 0 amide bonds. The molecular weight excluding hydrogens is 162 g/mol. The first-order valence-corrected chi connectivity index (χ1v) is 4.89. The zero-order valence-electron chi connectivity index (χ0n) is 8.30. The van der Waals surface area contributed by atoms with Gasteiger partial charge in [-0.25, -0.2) is 4.98 Å². The third kappa shape index (κ3) is 1.91. The number of hydrogen-bond acceptors (Lipinski definition) is 2. The topological polar surface area (TPSA) is 54.7 Å². The summed E-state index contributed by atoms with van der Waals surface area (Å²) in [4.78, 5) is 7.50. The lowest BCUT2D eigenvalue weighted by molar-refractivity contribution is 0.402. The number of H-pyrrole nitrogens is 1. The Labute approximate surface area is 78.7 Å². The van der Waals surface area contributed by atoms with Crippen LogP contribution in [0.15, 0.2) is 6.20 Å². The van der Waals surface area contributed by atoms with Crippen LogP contribution in [0.3, 0.4) is 0 Å². The molecular formula is C10H17N3. The molecule has 1 unspecified atom stereocenters. The molecule has 13 heavy (non-hydrogen) atoms. The quantitative estimate of drug-likeness (QED) is 0.742. The zero-order valence-corrected chi connectivity index (χ0v) is 8.30. The lowest BCUT2D eigenvalue weighted by atomic mass is 9.95. The van der Waals surface area contributed by atoms with Crippen LogP contribution in [0.1, 0.15) is 37.7 Å². The maximum absolute atomic E-state index is 6.20. The number of nitrogens with one attached hydrogen (secondary N) is 1. The van der Waals surface area contributed by atoms with Crippen LogP contribution in [0.25, 0.3) is 0 Å². The van der Waals surface area contributed by atoms with Crippen LogP contribution >= 0.6 is 0 Å². The third-order valence-corrected chi connectivity index (χ3v) is 2.65. The normalized spacial score (nSPS) is 21.5. The van der Waals surface area contributed by atoms with E-state index in [1.807, 2.05) is 13.1 Å². The monoisotopic (exact) mass is 179 g/mol. The van der Waals surface area contributed by atoms with Gasteiger partial charge in [-0.3, -0.25) is 0 Å². The predicted molar refractivity (Wildman–Crippen MR) is 52.2 cm³/mol. The average Bonchev–Trinajstić information content (AvgIpc) is 2.70. The smallest absolute Gasteiger partial charge is 0.126 e. The number of aryl methyl sites for hydroxylation is 1. The standard InChI is InChI=1S/C10H17N3/c1-7-6-12-9(13-7)10(2,11)5-8-3-4-8/h6,8H,3-5,11H2,1-2H3,(H,12,13). The van der Waals surface area contributed by atoms with Gasteiger partial charge in [0.2, 0.25) is 0 Å². The summed E-state index contributed by atoms with van der Waals surface area (Å²) in [5.41, 5.74) is 7.02. The fourth-order valence-corrected chi connectivity index (χ4v) is 1.72. The minimum absolute atomic E-state index is 0.268. The van der Waals surface area contributed by atoms with Crippen molar-refractivity contribution >= 4 is 0 Å². The molecule has 3 nitrogen and oxygen atoms in total. The van der Waals surface area contributed by atoms with E-state index in [2.05, 4.69) is 16.9 Å². The van der Waals surface area contributed by atoms with Gasteiger partial charge in [0.05, 0.1) is 5.54 Å². The summed E-state index contributed by atoms with van der Waals surface area (Å²) < 4.78 is 0. The van der Waals surface area contributed by atoms with E-state index in [4.69, 9.17) is 5.73 Å². The van der Waals surface area contributed by atoms with E-state index in [0.29, 0.717) is 0 Å². The van der Waals surface area contributed by atoms with E-state index < -0.39 is 0 Å².